The van der Waals surface area contributed by atoms with Gasteiger partial charge in [0.25, 0.3) is 5.69 Å². The van der Waals surface area contributed by atoms with Gasteiger partial charge in [0.05, 0.1) is 18.5 Å². The highest BCUT2D eigenvalue weighted by molar-refractivity contribution is 5.69. The fraction of sp³-hybridized carbons (Fsp3) is 0.417. The van der Waals surface area contributed by atoms with Crippen molar-refractivity contribution in [2.75, 3.05) is 20.7 Å². The summed E-state index contributed by atoms with van der Waals surface area (Å²) in [5.41, 5.74) is 0.142. The number of nitrogens with zero attached hydrogens (tertiary/aromatic N) is 2. The number of halogens is 1. The summed E-state index contributed by atoms with van der Waals surface area (Å²) in [4.78, 5) is 22.9. The van der Waals surface area contributed by atoms with E-state index in [2.05, 4.69) is 4.74 Å². The number of hydrogen-bond donors (Lipinski definition) is 0. The third-order valence-corrected chi connectivity index (χ3v) is 2.60. The summed E-state index contributed by atoms with van der Waals surface area (Å²) >= 11 is 0. The van der Waals surface area contributed by atoms with E-state index in [-0.39, 0.29) is 30.2 Å². The summed E-state index contributed by atoms with van der Waals surface area (Å²) in [6.45, 7) is 0.561. The molecule has 7 heteroatoms. The van der Waals surface area contributed by atoms with E-state index in [0.717, 1.165) is 18.2 Å². The van der Waals surface area contributed by atoms with Crippen molar-refractivity contribution in [3.05, 3.63) is 39.7 Å². The minimum Gasteiger partial charge on any atom is -0.469 e. The molecule has 0 heterocycles. The van der Waals surface area contributed by atoms with Crippen LogP contribution in [-0.2, 0) is 16.1 Å². The van der Waals surface area contributed by atoms with Crippen LogP contribution in [0.15, 0.2) is 18.2 Å². The molecule has 0 fully saturated rings. The lowest BCUT2D eigenvalue weighted by molar-refractivity contribution is -0.385. The number of carbonyl (C=O) groups excluding carboxylic acids is 1. The number of nitro groups is 1. The first-order valence-electron chi connectivity index (χ1n) is 5.62. The molecule has 0 spiro atoms. The van der Waals surface area contributed by atoms with Gasteiger partial charge in [0.2, 0.25) is 0 Å². The van der Waals surface area contributed by atoms with Crippen LogP contribution in [0.25, 0.3) is 0 Å². The predicted molar refractivity (Wildman–Crippen MR) is 66.0 cm³/mol. The predicted octanol–water partition coefficient (Wildman–Crippen LogP) is 1.73. The van der Waals surface area contributed by atoms with Crippen molar-refractivity contribution in [3.8, 4) is 0 Å². The van der Waals surface area contributed by atoms with Crippen molar-refractivity contribution in [1.82, 2.24) is 4.90 Å². The van der Waals surface area contributed by atoms with Crippen molar-refractivity contribution < 1.29 is 18.8 Å². The number of rotatable bonds is 6. The Morgan fingerprint density at radius 1 is 1.53 bits per heavy atom. The second-order valence-corrected chi connectivity index (χ2v) is 4.09. The Kier molecular flexibility index (Phi) is 5.37. The molecule has 6 nitrogen and oxygen atoms in total. The topological polar surface area (TPSA) is 72.7 Å². The molecule has 19 heavy (non-hydrogen) atoms. The van der Waals surface area contributed by atoms with Gasteiger partial charge in [-0.2, -0.15) is 0 Å². The quantitative estimate of drug-likeness (QED) is 0.447. The summed E-state index contributed by atoms with van der Waals surface area (Å²) in [6, 6.07) is 3.32. The van der Waals surface area contributed by atoms with E-state index in [4.69, 9.17) is 0 Å². The van der Waals surface area contributed by atoms with E-state index in [9.17, 15) is 19.3 Å². The highest BCUT2D eigenvalue weighted by atomic mass is 19.1. The molecule has 1 aromatic rings. The third-order valence-electron chi connectivity index (χ3n) is 2.60. The molecular formula is C12H15FN2O4. The maximum Gasteiger partial charge on any atom is 0.306 e. The molecule has 0 aliphatic carbocycles. The maximum absolute atomic E-state index is 13.1. The first-order chi connectivity index (χ1) is 8.93. The zero-order valence-electron chi connectivity index (χ0n) is 10.8. The Labute approximate surface area is 109 Å². The number of ether oxygens (including phenoxy) is 1. The highest BCUT2D eigenvalue weighted by Gasteiger charge is 2.16. The van der Waals surface area contributed by atoms with Crippen LogP contribution in [0.1, 0.15) is 12.0 Å². The third kappa shape index (κ3) is 4.63. The molecule has 0 bridgehead atoms. The van der Waals surface area contributed by atoms with Crippen molar-refractivity contribution in [3.63, 3.8) is 0 Å². The molecule has 1 aromatic carbocycles. The van der Waals surface area contributed by atoms with Gasteiger partial charge in [-0.25, -0.2) is 4.39 Å². The van der Waals surface area contributed by atoms with Gasteiger partial charge in [-0.3, -0.25) is 14.9 Å². The van der Waals surface area contributed by atoms with Gasteiger partial charge in [-0.05, 0) is 19.2 Å². The zero-order chi connectivity index (χ0) is 14.4. The van der Waals surface area contributed by atoms with E-state index in [1.807, 2.05) is 0 Å². The first-order valence-corrected chi connectivity index (χ1v) is 5.62. The molecule has 0 atom stereocenters. The lowest BCUT2D eigenvalue weighted by Crippen LogP contribution is -2.22. The minimum atomic E-state index is -0.553. The van der Waals surface area contributed by atoms with Gasteiger partial charge in [0.15, 0.2) is 0 Å². The molecule has 0 aromatic heterocycles. The average Bonchev–Trinajstić information content (AvgIpc) is 2.35. The standard InChI is InChI=1S/C12H15FN2O4/c1-14(6-5-12(16)19-2)8-9-7-10(13)3-4-11(9)15(17)18/h3-4,7H,5-6,8H2,1-2H3. The number of esters is 1. The van der Waals surface area contributed by atoms with Crippen molar-refractivity contribution in [2.45, 2.75) is 13.0 Å². The first kappa shape index (κ1) is 15.0. The lowest BCUT2D eigenvalue weighted by Gasteiger charge is -2.15. The summed E-state index contributed by atoms with van der Waals surface area (Å²) in [6.07, 6.45) is 0.177. The van der Waals surface area contributed by atoms with Crippen LogP contribution in [0.2, 0.25) is 0 Å². The molecule has 0 amide bonds. The average molecular weight is 270 g/mol. The van der Waals surface area contributed by atoms with Gasteiger partial charge in [0, 0.05) is 24.7 Å². The van der Waals surface area contributed by atoms with Crippen LogP contribution < -0.4 is 0 Å². The van der Waals surface area contributed by atoms with Crippen LogP contribution in [0, 0.1) is 15.9 Å². The normalized spacial score (nSPS) is 10.5. The fourth-order valence-electron chi connectivity index (χ4n) is 1.61. The molecule has 0 unspecified atom stereocenters. The largest absolute Gasteiger partial charge is 0.469 e. The number of hydrogen-bond acceptors (Lipinski definition) is 5. The molecule has 0 aliphatic heterocycles. The van der Waals surface area contributed by atoms with Crippen LogP contribution >= 0.6 is 0 Å². The van der Waals surface area contributed by atoms with Gasteiger partial charge in [-0.15, -0.1) is 0 Å². The van der Waals surface area contributed by atoms with Crippen molar-refractivity contribution in [1.29, 1.82) is 0 Å². The number of benzene rings is 1. The minimum absolute atomic E-state index is 0.133. The molecule has 104 valence electrons. The van der Waals surface area contributed by atoms with Crippen molar-refractivity contribution >= 4 is 11.7 Å². The smallest absolute Gasteiger partial charge is 0.306 e. The van der Waals surface area contributed by atoms with Gasteiger partial charge < -0.3 is 9.64 Å². The molecule has 0 aliphatic rings. The summed E-state index contributed by atoms with van der Waals surface area (Å²) < 4.78 is 17.6. The Morgan fingerprint density at radius 3 is 2.79 bits per heavy atom. The highest BCUT2D eigenvalue weighted by Crippen LogP contribution is 2.20. The van der Waals surface area contributed by atoms with E-state index >= 15 is 0 Å². The van der Waals surface area contributed by atoms with E-state index in [0.29, 0.717) is 6.54 Å². The Balaban J connectivity index is 2.72. The SMILES string of the molecule is COC(=O)CCN(C)Cc1cc(F)ccc1[N+](=O)[O-]. The second-order valence-electron chi connectivity index (χ2n) is 4.09. The Morgan fingerprint density at radius 2 is 2.21 bits per heavy atom. The number of carbonyl (C=O) groups is 1. The molecule has 0 saturated carbocycles. The van der Waals surface area contributed by atoms with Crippen LogP contribution in [0.3, 0.4) is 0 Å². The van der Waals surface area contributed by atoms with Gasteiger partial charge in [-0.1, -0.05) is 0 Å². The van der Waals surface area contributed by atoms with Crippen molar-refractivity contribution in [2.24, 2.45) is 0 Å². The summed E-state index contributed by atoms with van der Waals surface area (Å²) in [5.74, 6) is -0.887. The zero-order valence-corrected chi connectivity index (χ0v) is 10.8. The fourth-order valence-corrected chi connectivity index (χ4v) is 1.61. The van der Waals surface area contributed by atoms with Crippen LogP contribution in [-0.4, -0.2) is 36.5 Å². The number of methoxy groups -OCH3 is 1. The molecule has 0 radical (unpaired) electrons. The van der Waals surface area contributed by atoms with Crippen LogP contribution in [0.4, 0.5) is 10.1 Å². The van der Waals surface area contributed by atoms with Crippen LogP contribution in [0.5, 0.6) is 0 Å². The van der Waals surface area contributed by atoms with Gasteiger partial charge in [0.1, 0.15) is 5.82 Å². The molecule has 1 rings (SSSR count). The lowest BCUT2D eigenvalue weighted by atomic mass is 10.1. The van der Waals surface area contributed by atoms with E-state index < -0.39 is 10.7 Å². The molecule has 0 N–H and O–H groups in total. The van der Waals surface area contributed by atoms with Gasteiger partial charge >= 0.3 is 5.97 Å². The van der Waals surface area contributed by atoms with E-state index in [1.165, 1.54) is 7.11 Å². The Bertz CT molecular complexity index is 479. The summed E-state index contributed by atoms with van der Waals surface area (Å²) in [5, 5.41) is 10.8. The summed E-state index contributed by atoms with van der Waals surface area (Å²) in [7, 11) is 2.98. The maximum atomic E-state index is 13.1. The second kappa shape index (κ2) is 6.79. The Hall–Kier alpha value is -2.02. The monoisotopic (exact) mass is 270 g/mol. The number of nitro benzene ring substituents is 1. The van der Waals surface area contributed by atoms with E-state index in [1.54, 1.807) is 11.9 Å². The molecular weight excluding hydrogens is 255 g/mol. The molecule has 0 saturated heterocycles.